The van der Waals surface area contributed by atoms with Crippen LogP contribution in [0.15, 0.2) is 41.6 Å². The standard InChI is InChI=1S/C14H9F5N4O3/c15-13(16)26-11-3-2-10(23(24)25)5-8(11)6-21-22-12-4-1-9(7-20-12)14(17,18)19/h1-7,13H,(H,20,22)/b21-6-. The number of hydrogen-bond acceptors (Lipinski definition) is 6. The van der Waals surface area contributed by atoms with Gasteiger partial charge in [-0.15, -0.1) is 0 Å². The predicted molar refractivity (Wildman–Crippen MR) is 80.2 cm³/mol. The van der Waals surface area contributed by atoms with E-state index in [9.17, 15) is 32.1 Å². The van der Waals surface area contributed by atoms with Gasteiger partial charge in [-0.2, -0.15) is 27.1 Å². The van der Waals surface area contributed by atoms with E-state index < -0.39 is 23.3 Å². The molecular formula is C14H9F5N4O3. The molecule has 0 saturated heterocycles. The van der Waals surface area contributed by atoms with E-state index in [4.69, 9.17) is 0 Å². The maximum atomic E-state index is 12.4. The Labute approximate surface area is 142 Å². The summed E-state index contributed by atoms with van der Waals surface area (Å²) in [5.74, 6) is -0.424. The summed E-state index contributed by atoms with van der Waals surface area (Å²) in [6.07, 6.45) is -3.03. The fourth-order valence-corrected chi connectivity index (χ4v) is 1.75. The zero-order valence-electron chi connectivity index (χ0n) is 12.6. The number of rotatable bonds is 6. The first-order valence-electron chi connectivity index (χ1n) is 6.72. The lowest BCUT2D eigenvalue weighted by molar-refractivity contribution is -0.384. The minimum Gasteiger partial charge on any atom is -0.434 e. The van der Waals surface area contributed by atoms with Crippen molar-refractivity contribution in [3.05, 3.63) is 57.8 Å². The molecule has 7 nitrogen and oxygen atoms in total. The van der Waals surface area contributed by atoms with Crippen molar-refractivity contribution in [1.29, 1.82) is 0 Å². The zero-order chi connectivity index (χ0) is 19.3. The molecule has 0 aliphatic heterocycles. The number of ether oxygens (including phenoxy) is 1. The van der Waals surface area contributed by atoms with Gasteiger partial charge in [-0.05, 0) is 18.2 Å². The second kappa shape index (κ2) is 7.72. The van der Waals surface area contributed by atoms with Crippen LogP contribution in [-0.2, 0) is 6.18 Å². The molecule has 0 fully saturated rings. The molecule has 2 rings (SSSR count). The second-order valence-corrected chi connectivity index (χ2v) is 4.66. The smallest absolute Gasteiger partial charge is 0.417 e. The third kappa shape index (κ3) is 5.09. The van der Waals surface area contributed by atoms with Crippen LogP contribution < -0.4 is 10.2 Å². The van der Waals surface area contributed by atoms with E-state index in [1.165, 1.54) is 0 Å². The number of aromatic nitrogens is 1. The topological polar surface area (TPSA) is 89.7 Å². The van der Waals surface area contributed by atoms with Crippen molar-refractivity contribution in [3.63, 3.8) is 0 Å². The maximum absolute atomic E-state index is 12.4. The number of pyridine rings is 1. The number of benzene rings is 1. The highest BCUT2D eigenvalue weighted by molar-refractivity contribution is 5.85. The van der Waals surface area contributed by atoms with Gasteiger partial charge >= 0.3 is 12.8 Å². The number of hydrogen-bond donors (Lipinski definition) is 1. The van der Waals surface area contributed by atoms with Crippen molar-refractivity contribution in [2.75, 3.05) is 5.43 Å². The highest BCUT2D eigenvalue weighted by Gasteiger charge is 2.30. The lowest BCUT2D eigenvalue weighted by atomic mass is 10.2. The number of non-ortho nitro benzene ring substituents is 1. The van der Waals surface area contributed by atoms with E-state index in [2.05, 4.69) is 20.2 Å². The lowest BCUT2D eigenvalue weighted by Crippen LogP contribution is -2.06. The Hall–Kier alpha value is -3.31. The van der Waals surface area contributed by atoms with E-state index in [1.54, 1.807) is 0 Å². The summed E-state index contributed by atoms with van der Waals surface area (Å²) in [5, 5.41) is 14.4. The number of nitro groups is 1. The van der Waals surface area contributed by atoms with Crippen LogP contribution in [0.2, 0.25) is 0 Å². The zero-order valence-corrected chi connectivity index (χ0v) is 12.6. The van der Waals surface area contributed by atoms with Crippen LogP contribution in [0.5, 0.6) is 5.75 Å². The lowest BCUT2D eigenvalue weighted by Gasteiger charge is -2.08. The van der Waals surface area contributed by atoms with E-state index in [0.29, 0.717) is 6.20 Å². The van der Waals surface area contributed by atoms with Crippen LogP contribution in [0, 0.1) is 10.1 Å². The largest absolute Gasteiger partial charge is 0.434 e. The quantitative estimate of drug-likeness (QED) is 0.355. The van der Waals surface area contributed by atoms with E-state index in [1.807, 2.05) is 0 Å². The van der Waals surface area contributed by atoms with Gasteiger partial charge in [0.2, 0.25) is 0 Å². The minimum absolute atomic E-state index is 0.0593. The van der Waals surface area contributed by atoms with Gasteiger partial charge in [0.05, 0.1) is 16.7 Å². The Bertz CT molecular complexity index is 809. The molecule has 0 radical (unpaired) electrons. The number of nitrogens with one attached hydrogen (secondary N) is 1. The van der Waals surface area contributed by atoms with Gasteiger partial charge in [0.25, 0.3) is 5.69 Å². The van der Waals surface area contributed by atoms with Crippen LogP contribution in [0.4, 0.5) is 33.5 Å². The molecule has 0 bridgehead atoms. The van der Waals surface area contributed by atoms with Crippen molar-refractivity contribution in [2.24, 2.45) is 5.10 Å². The van der Waals surface area contributed by atoms with Gasteiger partial charge in [-0.1, -0.05) is 0 Å². The van der Waals surface area contributed by atoms with Gasteiger partial charge in [0.15, 0.2) is 0 Å². The molecule has 12 heteroatoms. The molecule has 0 atom stereocenters. The number of anilines is 1. The minimum atomic E-state index is -4.54. The van der Waals surface area contributed by atoms with Gasteiger partial charge in [0.1, 0.15) is 11.6 Å². The van der Waals surface area contributed by atoms with Gasteiger partial charge < -0.3 is 4.74 Å². The normalized spacial score (nSPS) is 11.8. The Morgan fingerprint density at radius 3 is 2.54 bits per heavy atom. The highest BCUT2D eigenvalue weighted by atomic mass is 19.4. The Kier molecular flexibility index (Phi) is 5.64. The molecule has 1 heterocycles. The molecule has 0 saturated carbocycles. The van der Waals surface area contributed by atoms with Crippen molar-refractivity contribution >= 4 is 17.7 Å². The van der Waals surface area contributed by atoms with E-state index in [-0.39, 0.29) is 22.8 Å². The van der Waals surface area contributed by atoms with Crippen molar-refractivity contribution < 1.29 is 31.6 Å². The average molecular weight is 376 g/mol. The molecule has 0 spiro atoms. The monoisotopic (exact) mass is 376 g/mol. The SMILES string of the molecule is O=[N+]([O-])c1ccc(OC(F)F)c(/C=N\Nc2ccc(C(F)(F)F)cn2)c1. The van der Waals surface area contributed by atoms with E-state index in [0.717, 1.165) is 36.5 Å². The number of nitrogens with zero attached hydrogens (tertiary/aromatic N) is 3. The molecule has 0 amide bonds. The van der Waals surface area contributed by atoms with Crippen LogP contribution in [-0.4, -0.2) is 22.7 Å². The number of hydrazone groups is 1. The highest BCUT2D eigenvalue weighted by Crippen LogP contribution is 2.29. The summed E-state index contributed by atoms with van der Waals surface area (Å²) >= 11 is 0. The third-order valence-electron chi connectivity index (χ3n) is 2.89. The number of alkyl halides is 5. The van der Waals surface area contributed by atoms with Crippen LogP contribution >= 0.6 is 0 Å². The predicted octanol–water partition coefficient (Wildman–Crippen LogP) is 4.06. The fourth-order valence-electron chi connectivity index (χ4n) is 1.75. The summed E-state index contributed by atoms with van der Waals surface area (Å²) in [5.41, 5.74) is 0.791. The maximum Gasteiger partial charge on any atom is 0.417 e. The molecule has 138 valence electrons. The Balaban J connectivity index is 2.18. The van der Waals surface area contributed by atoms with Crippen LogP contribution in [0.25, 0.3) is 0 Å². The average Bonchev–Trinajstić information content (AvgIpc) is 2.55. The number of nitro benzene ring substituents is 1. The first kappa shape index (κ1) is 19.0. The molecule has 2 aromatic rings. The fraction of sp³-hybridized carbons (Fsp3) is 0.143. The second-order valence-electron chi connectivity index (χ2n) is 4.66. The summed E-state index contributed by atoms with van der Waals surface area (Å²) < 4.78 is 66.2. The van der Waals surface area contributed by atoms with Crippen LogP contribution in [0.3, 0.4) is 0 Å². The number of halogens is 5. The first-order chi connectivity index (χ1) is 12.2. The molecular weight excluding hydrogens is 367 g/mol. The van der Waals surface area contributed by atoms with Crippen molar-refractivity contribution in [1.82, 2.24) is 4.98 Å². The van der Waals surface area contributed by atoms with Crippen molar-refractivity contribution in [3.8, 4) is 5.75 Å². The summed E-state index contributed by atoms with van der Waals surface area (Å²) in [6.45, 7) is -3.16. The summed E-state index contributed by atoms with van der Waals surface area (Å²) in [4.78, 5) is 13.5. The van der Waals surface area contributed by atoms with Gasteiger partial charge in [-0.3, -0.25) is 15.5 Å². The molecule has 0 unspecified atom stereocenters. The van der Waals surface area contributed by atoms with Crippen molar-refractivity contribution in [2.45, 2.75) is 12.8 Å². The summed E-state index contributed by atoms with van der Waals surface area (Å²) in [7, 11) is 0. The molecule has 1 N–H and O–H groups in total. The molecule has 0 aliphatic carbocycles. The molecule has 26 heavy (non-hydrogen) atoms. The third-order valence-corrected chi connectivity index (χ3v) is 2.89. The molecule has 1 aromatic carbocycles. The van der Waals surface area contributed by atoms with Gasteiger partial charge in [-0.25, -0.2) is 4.98 Å². The van der Waals surface area contributed by atoms with Gasteiger partial charge in [0, 0.05) is 23.9 Å². The summed E-state index contributed by atoms with van der Waals surface area (Å²) in [6, 6.07) is 4.67. The Morgan fingerprint density at radius 2 is 2.00 bits per heavy atom. The molecule has 0 aliphatic rings. The Morgan fingerprint density at radius 1 is 1.27 bits per heavy atom. The molecule has 1 aromatic heterocycles. The van der Waals surface area contributed by atoms with E-state index >= 15 is 0 Å². The first-order valence-corrected chi connectivity index (χ1v) is 6.72. The van der Waals surface area contributed by atoms with Crippen LogP contribution in [0.1, 0.15) is 11.1 Å².